The maximum Gasteiger partial charge on any atom is 0.188 e. The molecular formula is C13H24O7. The molecule has 0 heterocycles. The van der Waals surface area contributed by atoms with Crippen molar-refractivity contribution in [2.24, 2.45) is 0 Å². The summed E-state index contributed by atoms with van der Waals surface area (Å²) in [4.78, 5) is 0. The Balaban J connectivity index is 3.25. The van der Waals surface area contributed by atoms with Gasteiger partial charge in [-0.2, -0.15) is 0 Å². The second kappa shape index (κ2) is 14.3. The van der Waals surface area contributed by atoms with E-state index in [0.29, 0.717) is 13.2 Å². The minimum Gasteiger partial charge on any atom is -0.499 e. The molecule has 0 radical (unpaired) electrons. The maximum absolute atomic E-state index is 9.45. The predicted molar refractivity (Wildman–Crippen MR) is 71.9 cm³/mol. The van der Waals surface area contributed by atoms with E-state index in [-0.39, 0.29) is 33.2 Å². The van der Waals surface area contributed by atoms with Crippen molar-refractivity contribution in [1.82, 2.24) is 0 Å². The van der Waals surface area contributed by atoms with Gasteiger partial charge in [0, 0.05) is 0 Å². The molecular weight excluding hydrogens is 268 g/mol. The van der Waals surface area contributed by atoms with Crippen LogP contribution < -0.4 is 0 Å². The Morgan fingerprint density at radius 2 is 1.25 bits per heavy atom. The Hall–Kier alpha value is -1.12. The molecule has 118 valence electrons. The molecule has 0 aromatic carbocycles. The van der Waals surface area contributed by atoms with Gasteiger partial charge in [-0.15, -0.1) is 0 Å². The van der Waals surface area contributed by atoms with Crippen LogP contribution >= 0.6 is 0 Å². The van der Waals surface area contributed by atoms with Crippen LogP contribution in [0.1, 0.15) is 0 Å². The van der Waals surface area contributed by atoms with E-state index in [0.717, 1.165) is 0 Å². The van der Waals surface area contributed by atoms with Gasteiger partial charge in [-0.25, -0.2) is 0 Å². The SMILES string of the molecule is C=COCOCC(O)COCCOCC(O)COC=C. The second-order valence-electron chi connectivity index (χ2n) is 3.78. The van der Waals surface area contributed by atoms with E-state index in [4.69, 9.17) is 23.7 Å². The van der Waals surface area contributed by atoms with E-state index in [9.17, 15) is 10.2 Å². The third-order valence-electron chi connectivity index (χ3n) is 1.98. The molecule has 0 bridgehead atoms. The summed E-state index contributed by atoms with van der Waals surface area (Å²) < 4.78 is 24.8. The molecule has 2 atom stereocenters. The number of aliphatic hydroxyl groups excluding tert-OH is 2. The monoisotopic (exact) mass is 292 g/mol. The first-order valence-electron chi connectivity index (χ1n) is 6.25. The summed E-state index contributed by atoms with van der Waals surface area (Å²) in [6, 6.07) is 0. The van der Waals surface area contributed by atoms with Crippen LogP contribution in [-0.2, 0) is 23.7 Å². The number of ether oxygens (including phenoxy) is 5. The van der Waals surface area contributed by atoms with E-state index < -0.39 is 12.2 Å². The number of rotatable bonds is 15. The van der Waals surface area contributed by atoms with Gasteiger partial charge in [0.05, 0.1) is 45.6 Å². The Bertz CT molecular complexity index is 235. The van der Waals surface area contributed by atoms with Gasteiger partial charge < -0.3 is 33.9 Å². The Kier molecular flexibility index (Phi) is 13.5. The number of hydrogen-bond acceptors (Lipinski definition) is 7. The van der Waals surface area contributed by atoms with Crippen molar-refractivity contribution >= 4 is 0 Å². The molecule has 0 aromatic rings. The lowest BCUT2D eigenvalue weighted by atomic mass is 10.4. The number of aliphatic hydroxyl groups is 2. The van der Waals surface area contributed by atoms with Crippen LogP contribution in [0, 0.1) is 0 Å². The van der Waals surface area contributed by atoms with Crippen molar-refractivity contribution in [3.8, 4) is 0 Å². The zero-order valence-corrected chi connectivity index (χ0v) is 11.6. The van der Waals surface area contributed by atoms with Crippen molar-refractivity contribution < 1.29 is 33.9 Å². The average molecular weight is 292 g/mol. The van der Waals surface area contributed by atoms with Crippen molar-refractivity contribution in [2.45, 2.75) is 12.2 Å². The molecule has 0 saturated heterocycles. The highest BCUT2D eigenvalue weighted by Crippen LogP contribution is 1.91. The van der Waals surface area contributed by atoms with Crippen LogP contribution in [0.25, 0.3) is 0 Å². The summed E-state index contributed by atoms with van der Waals surface area (Å²) in [7, 11) is 0. The van der Waals surface area contributed by atoms with Gasteiger partial charge in [0.2, 0.25) is 0 Å². The van der Waals surface area contributed by atoms with Crippen molar-refractivity contribution in [3.05, 3.63) is 25.7 Å². The van der Waals surface area contributed by atoms with Crippen LogP contribution in [0.5, 0.6) is 0 Å². The molecule has 0 aliphatic heterocycles. The third-order valence-corrected chi connectivity index (χ3v) is 1.98. The fourth-order valence-corrected chi connectivity index (χ4v) is 1.11. The van der Waals surface area contributed by atoms with Crippen LogP contribution in [0.4, 0.5) is 0 Å². The molecule has 7 nitrogen and oxygen atoms in total. The molecule has 0 saturated carbocycles. The summed E-state index contributed by atoms with van der Waals surface area (Å²) in [5, 5.41) is 18.8. The van der Waals surface area contributed by atoms with E-state index in [1.165, 1.54) is 12.5 Å². The number of hydrogen-bond donors (Lipinski definition) is 2. The zero-order chi connectivity index (χ0) is 15.1. The average Bonchev–Trinajstić information content (AvgIpc) is 2.45. The van der Waals surface area contributed by atoms with Crippen molar-refractivity contribution in [2.75, 3.05) is 46.4 Å². The summed E-state index contributed by atoms with van der Waals surface area (Å²) in [6.07, 6.45) is 1.09. The normalized spacial score (nSPS) is 13.5. The molecule has 20 heavy (non-hydrogen) atoms. The van der Waals surface area contributed by atoms with E-state index in [1.54, 1.807) is 0 Å². The lowest BCUT2D eigenvalue weighted by Crippen LogP contribution is -2.24. The lowest BCUT2D eigenvalue weighted by molar-refractivity contribution is -0.0746. The first-order valence-corrected chi connectivity index (χ1v) is 6.25. The molecule has 0 fully saturated rings. The van der Waals surface area contributed by atoms with Gasteiger partial charge in [0.25, 0.3) is 0 Å². The molecule has 2 unspecified atom stereocenters. The smallest absolute Gasteiger partial charge is 0.188 e. The molecule has 0 aliphatic carbocycles. The fourth-order valence-electron chi connectivity index (χ4n) is 1.11. The van der Waals surface area contributed by atoms with Gasteiger partial charge >= 0.3 is 0 Å². The zero-order valence-electron chi connectivity index (χ0n) is 11.6. The van der Waals surface area contributed by atoms with Gasteiger partial charge in [0.1, 0.15) is 18.8 Å². The lowest BCUT2D eigenvalue weighted by Gasteiger charge is -2.13. The van der Waals surface area contributed by atoms with Crippen molar-refractivity contribution in [3.63, 3.8) is 0 Å². The van der Waals surface area contributed by atoms with Gasteiger partial charge in [-0.1, -0.05) is 13.2 Å². The Morgan fingerprint density at radius 1 is 0.750 bits per heavy atom. The van der Waals surface area contributed by atoms with Crippen LogP contribution in [0.15, 0.2) is 25.7 Å². The first kappa shape index (κ1) is 18.9. The molecule has 2 N–H and O–H groups in total. The maximum atomic E-state index is 9.45. The molecule has 0 spiro atoms. The standard InChI is InChI=1S/C13H24O7/c1-3-16-7-12(14)8-18-5-6-19-9-13(15)10-20-11-17-4-2/h3-4,12-15H,1-2,5-11H2. The Morgan fingerprint density at radius 3 is 1.80 bits per heavy atom. The fraction of sp³-hybridized carbons (Fsp3) is 0.692. The van der Waals surface area contributed by atoms with Gasteiger partial charge in [-0.05, 0) is 0 Å². The summed E-state index contributed by atoms with van der Waals surface area (Å²) >= 11 is 0. The van der Waals surface area contributed by atoms with Crippen molar-refractivity contribution in [1.29, 1.82) is 0 Å². The van der Waals surface area contributed by atoms with Gasteiger partial charge in [0.15, 0.2) is 6.79 Å². The van der Waals surface area contributed by atoms with E-state index in [1.807, 2.05) is 0 Å². The summed E-state index contributed by atoms with van der Waals surface area (Å²) in [5.74, 6) is 0. The minimum atomic E-state index is -0.727. The third kappa shape index (κ3) is 13.3. The largest absolute Gasteiger partial charge is 0.499 e. The predicted octanol–water partition coefficient (Wildman–Crippen LogP) is 0.0357. The highest BCUT2D eigenvalue weighted by atomic mass is 16.7. The quantitative estimate of drug-likeness (QED) is 0.250. The van der Waals surface area contributed by atoms with E-state index in [2.05, 4.69) is 13.2 Å². The highest BCUT2D eigenvalue weighted by Gasteiger charge is 2.05. The van der Waals surface area contributed by atoms with Crippen LogP contribution in [-0.4, -0.2) is 68.9 Å². The van der Waals surface area contributed by atoms with E-state index >= 15 is 0 Å². The summed E-state index contributed by atoms with van der Waals surface area (Å²) in [5.41, 5.74) is 0. The Labute approximate surface area is 119 Å². The molecule has 7 heteroatoms. The molecule has 0 rings (SSSR count). The minimum absolute atomic E-state index is 0.0499. The topological polar surface area (TPSA) is 86.6 Å². The molecule has 0 aliphatic rings. The summed E-state index contributed by atoms with van der Waals surface area (Å²) in [6.45, 7) is 7.95. The van der Waals surface area contributed by atoms with Crippen LogP contribution in [0.2, 0.25) is 0 Å². The molecule has 0 amide bonds. The molecule has 0 aromatic heterocycles. The van der Waals surface area contributed by atoms with Gasteiger partial charge in [-0.3, -0.25) is 0 Å². The highest BCUT2D eigenvalue weighted by molar-refractivity contribution is 4.56. The van der Waals surface area contributed by atoms with Crippen LogP contribution in [0.3, 0.4) is 0 Å². The second-order valence-corrected chi connectivity index (χ2v) is 3.78. The first-order chi connectivity index (χ1) is 9.70.